The molecule has 0 unspecified atom stereocenters. The van der Waals surface area contributed by atoms with Crippen molar-refractivity contribution in [2.75, 3.05) is 40.0 Å². The number of unbranched alkanes of at least 4 members (excludes halogenated alkanes) is 1. The van der Waals surface area contributed by atoms with Crippen LogP contribution in [0.5, 0.6) is 0 Å². The normalized spacial score (nSPS) is 22.6. The molecule has 1 rings (SSSR count). The first-order valence-corrected chi connectivity index (χ1v) is 8.87. The minimum absolute atomic E-state index is 0.589. The van der Waals surface area contributed by atoms with Crippen LogP contribution in [0, 0.1) is 5.92 Å². The summed E-state index contributed by atoms with van der Waals surface area (Å²) in [6.45, 7) is 8.38. The fraction of sp³-hybridized carbons (Fsp3) is 0.941. The van der Waals surface area contributed by atoms with Crippen molar-refractivity contribution < 1.29 is 9.47 Å². The predicted octanol–water partition coefficient (Wildman–Crippen LogP) is 2.56. The number of guanidine groups is 1. The summed E-state index contributed by atoms with van der Waals surface area (Å²) >= 11 is 0. The smallest absolute Gasteiger partial charge is 0.191 e. The van der Waals surface area contributed by atoms with E-state index in [0.717, 1.165) is 44.4 Å². The molecule has 0 atom stereocenters. The van der Waals surface area contributed by atoms with Gasteiger partial charge in [-0.15, -0.1) is 0 Å². The van der Waals surface area contributed by atoms with Gasteiger partial charge >= 0.3 is 0 Å². The molecule has 0 spiro atoms. The fourth-order valence-corrected chi connectivity index (χ4v) is 2.67. The fourth-order valence-electron chi connectivity index (χ4n) is 2.67. The largest absolute Gasteiger partial charge is 0.382 e. The molecule has 1 fully saturated rings. The number of hydrogen-bond donors (Lipinski definition) is 2. The van der Waals surface area contributed by atoms with Gasteiger partial charge in [-0.05, 0) is 51.4 Å². The van der Waals surface area contributed by atoms with E-state index < -0.39 is 0 Å². The van der Waals surface area contributed by atoms with Crippen LogP contribution in [0.2, 0.25) is 0 Å². The third-order valence-corrected chi connectivity index (χ3v) is 4.10. The quantitative estimate of drug-likeness (QED) is 0.370. The third-order valence-electron chi connectivity index (χ3n) is 4.10. The van der Waals surface area contributed by atoms with Crippen molar-refractivity contribution >= 4 is 5.96 Å². The molecule has 0 aliphatic heterocycles. The van der Waals surface area contributed by atoms with Gasteiger partial charge in [0.25, 0.3) is 0 Å². The van der Waals surface area contributed by atoms with Crippen molar-refractivity contribution in [3.8, 4) is 0 Å². The Morgan fingerprint density at radius 1 is 1.09 bits per heavy atom. The second-order valence-electron chi connectivity index (χ2n) is 6.17. The van der Waals surface area contributed by atoms with Crippen LogP contribution in [0.4, 0.5) is 0 Å². The van der Waals surface area contributed by atoms with Gasteiger partial charge in [0.2, 0.25) is 0 Å². The van der Waals surface area contributed by atoms with Gasteiger partial charge in [-0.25, -0.2) is 0 Å². The number of rotatable bonds is 10. The highest BCUT2D eigenvalue weighted by atomic mass is 16.5. The number of hydrogen-bond acceptors (Lipinski definition) is 3. The molecule has 0 bridgehead atoms. The van der Waals surface area contributed by atoms with Crippen LogP contribution in [-0.2, 0) is 9.47 Å². The summed E-state index contributed by atoms with van der Waals surface area (Å²) in [5.74, 6) is 1.86. The highest BCUT2D eigenvalue weighted by Gasteiger charge is 2.18. The maximum absolute atomic E-state index is 5.46. The number of ether oxygens (including phenoxy) is 2. The first kappa shape index (κ1) is 19.2. The third kappa shape index (κ3) is 9.26. The van der Waals surface area contributed by atoms with Crippen LogP contribution >= 0.6 is 0 Å². The van der Waals surface area contributed by atoms with E-state index >= 15 is 0 Å². The monoisotopic (exact) mass is 313 g/mol. The molecular formula is C17H35N3O2. The minimum atomic E-state index is 0.589. The van der Waals surface area contributed by atoms with Gasteiger partial charge in [-0.1, -0.05) is 6.92 Å². The Labute approximate surface area is 136 Å². The maximum Gasteiger partial charge on any atom is 0.191 e. The van der Waals surface area contributed by atoms with Gasteiger partial charge in [0.15, 0.2) is 5.96 Å². The van der Waals surface area contributed by atoms with Crippen LogP contribution < -0.4 is 10.6 Å². The molecule has 1 aliphatic rings. The number of methoxy groups -OCH3 is 1. The van der Waals surface area contributed by atoms with Crippen molar-refractivity contribution in [2.45, 2.75) is 58.4 Å². The molecule has 0 aromatic heterocycles. The van der Waals surface area contributed by atoms with E-state index in [-0.39, 0.29) is 0 Å². The van der Waals surface area contributed by atoms with E-state index in [1.165, 1.54) is 25.7 Å². The Hall–Kier alpha value is -0.810. The molecule has 5 heteroatoms. The molecule has 0 heterocycles. The molecule has 0 aromatic rings. The standard InChI is InChI=1S/C17H35N3O2/c1-4-18-17(20-16-9-7-15(2)8-10-16)19-11-5-6-12-22-14-13-21-3/h15-16H,4-14H2,1-3H3,(H2,18,19,20). The summed E-state index contributed by atoms with van der Waals surface area (Å²) in [7, 11) is 1.69. The number of aliphatic imine (C=N–C) groups is 1. The molecule has 1 aliphatic carbocycles. The second-order valence-corrected chi connectivity index (χ2v) is 6.17. The van der Waals surface area contributed by atoms with E-state index in [9.17, 15) is 0 Å². The van der Waals surface area contributed by atoms with Gasteiger partial charge in [0.05, 0.1) is 13.2 Å². The lowest BCUT2D eigenvalue weighted by Crippen LogP contribution is -2.44. The zero-order chi connectivity index (χ0) is 16.0. The topological polar surface area (TPSA) is 54.9 Å². The highest BCUT2D eigenvalue weighted by molar-refractivity contribution is 5.80. The lowest BCUT2D eigenvalue weighted by Gasteiger charge is -2.28. The number of nitrogens with zero attached hydrogens (tertiary/aromatic N) is 1. The molecule has 1 saturated carbocycles. The van der Waals surface area contributed by atoms with Crippen LogP contribution in [0.15, 0.2) is 4.99 Å². The summed E-state index contributed by atoms with van der Waals surface area (Å²) in [4.78, 5) is 4.67. The lowest BCUT2D eigenvalue weighted by molar-refractivity contribution is 0.0690. The minimum Gasteiger partial charge on any atom is -0.382 e. The Kier molecular flexibility index (Phi) is 11.1. The Bertz CT molecular complexity index is 290. The molecule has 2 N–H and O–H groups in total. The molecule has 0 saturated heterocycles. The van der Waals surface area contributed by atoms with Crippen LogP contribution in [-0.4, -0.2) is 52.0 Å². The molecule has 0 amide bonds. The average molecular weight is 313 g/mol. The Balaban J connectivity index is 2.15. The molecular weight excluding hydrogens is 278 g/mol. The predicted molar refractivity (Wildman–Crippen MR) is 92.5 cm³/mol. The van der Waals surface area contributed by atoms with Crippen molar-refractivity contribution in [2.24, 2.45) is 10.9 Å². The summed E-state index contributed by atoms with van der Waals surface area (Å²) in [6.07, 6.45) is 7.29. The lowest BCUT2D eigenvalue weighted by atomic mass is 9.87. The zero-order valence-corrected chi connectivity index (χ0v) is 14.7. The van der Waals surface area contributed by atoms with Crippen LogP contribution in [0.25, 0.3) is 0 Å². The number of nitrogens with one attached hydrogen (secondary N) is 2. The Morgan fingerprint density at radius 2 is 1.86 bits per heavy atom. The van der Waals surface area contributed by atoms with Crippen molar-refractivity contribution in [3.05, 3.63) is 0 Å². The second kappa shape index (κ2) is 12.7. The van der Waals surface area contributed by atoms with E-state index in [1.807, 2.05) is 0 Å². The van der Waals surface area contributed by atoms with E-state index in [1.54, 1.807) is 7.11 Å². The summed E-state index contributed by atoms with van der Waals surface area (Å²) in [5.41, 5.74) is 0. The van der Waals surface area contributed by atoms with Gasteiger partial charge in [0.1, 0.15) is 0 Å². The van der Waals surface area contributed by atoms with E-state index in [0.29, 0.717) is 19.3 Å². The molecule has 0 aromatic carbocycles. The van der Waals surface area contributed by atoms with Crippen molar-refractivity contribution in [3.63, 3.8) is 0 Å². The van der Waals surface area contributed by atoms with E-state index in [4.69, 9.17) is 9.47 Å². The molecule has 22 heavy (non-hydrogen) atoms. The van der Waals surface area contributed by atoms with Gasteiger partial charge in [-0.3, -0.25) is 4.99 Å². The van der Waals surface area contributed by atoms with Crippen LogP contribution in [0.1, 0.15) is 52.4 Å². The first-order valence-electron chi connectivity index (χ1n) is 8.87. The SMILES string of the molecule is CCNC(=NCCCCOCCOC)NC1CCC(C)CC1. The van der Waals surface area contributed by atoms with Gasteiger partial charge in [0, 0.05) is 32.8 Å². The molecule has 130 valence electrons. The summed E-state index contributed by atoms with van der Waals surface area (Å²) in [5, 5.41) is 6.94. The molecule has 5 nitrogen and oxygen atoms in total. The summed E-state index contributed by atoms with van der Waals surface area (Å²) < 4.78 is 10.4. The van der Waals surface area contributed by atoms with Crippen molar-refractivity contribution in [1.82, 2.24) is 10.6 Å². The average Bonchev–Trinajstić information content (AvgIpc) is 2.52. The van der Waals surface area contributed by atoms with Crippen molar-refractivity contribution in [1.29, 1.82) is 0 Å². The van der Waals surface area contributed by atoms with Crippen LogP contribution in [0.3, 0.4) is 0 Å². The van der Waals surface area contributed by atoms with E-state index in [2.05, 4.69) is 29.5 Å². The highest BCUT2D eigenvalue weighted by Crippen LogP contribution is 2.23. The summed E-state index contributed by atoms with van der Waals surface area (Å²) in [6, 6.07) is 0.589. The zero-order valence-electron chi connectivity index (χ0n) is 14.7. The van der Waals surface area contributed by atoms with Gasteiger partial charge in [-0.2, -0.15) is 0 Å². The maximum atomic E-state index is 5.46. The Morgan fingerprint density at radius 3 is 2.55 bits per heavy atom. The first-order chi connectivity index (χ1) is 10.8. The molecule has 0 radical (unpaired) electrons. The van der Waals surface area contributed by atoms with Gasteiger partial charge < -0.3 is 20.1 Å².